The Hall–Kier alpha value is -2.11. The second-order valence-corrected chi connectivity index (χ2v) is 4.20. The van der Waals surface area contributed by atoms with Crippen molar-refractivity contribution < 1.29 is 14.4 Å². The van der Waals surface area contributed by atoms with Crippen molar-refractivity contribution in [1.29, 1.82) is 0 Å². The predicted molar refractivity (Wildman–Crippen MR) is 56.8 cm³/mol. The fourth-order valence-electron chi connectivity index (χ4n) is 1.66. The molecule has 0 radical (unpaired) electrons. The van der Waals surface area contributed by atoms with E-state index in [1.54, 1.807) is 23.0 Å². The first-order valence-corrected chi connectivity index (χ1v) is 5.44. The van der Waals surface area contributed by atoms with Crippen molar-refractivity contribution in [2.75, 3.05) is 0 Å². The number of aromatic nitrogens is 3. The zero-order valence-electron chi connectivity index (χ0n) is 9.04. The van der Waals surface area contributed by atoms with E-state index in [-0.39, 0.29) is 5.56 Å². The van der Waals surface area contributed by atoms with Crippen LogP contribution in [0.1, 0.15) is 40.8 Å². The summed E-state index contributed by atoms with van der Waals surface area (Å²) in [5.74, 6) is 0.810. The van der Waals surface area contributed by atoms with Crippen LogP contribution in [0.3, 0.4) is 0 Å². The number of nitrogens with zero attached hydrogens (tertiary/aromatic N) is 3. The highest BCUT2D eigenvalue weighted by Gasteiger charge is 2.28. The van der Waals surface area contributed by atoms with E-state index in [4.69, 9.17) is 9.63 Å². The minimum atomic E-state index is -0.937. The third-order valence-electron chi connectivity index (χ3n) is 2.74. The molecule has 2 aromatic heterocycles. The van der Waals surface area contributed by atoms with Crippen molar-refractivity contribution in [3.8, 4) is 0 Å². The number of carboxylic acid groups (broad SMARTS) is 1. The topological polar surface area (TPSA) is 81.1 Å². The summed E-state index contributed by atoms with van der Waals surface area (Å²) in [6.45, 7) is 0.410. The van der Waals surface area contributed by atoms with E-state index in [0.717, 1.165) is 18.7 Å². The Bertz CT molecular complexity index is 554. The number of carbonyl (C=O) groups is 1. The van der Waals surface area contributed by atoms with Crippen LogP contribution in [0.4, 0.5) is 0 Å². The molecule has 0 spiro atoms. The molecule has 0 bridgehead atoms. The summed E-state index contributed by atoms with van der Waals surface area (Å²) in [6, 6.07) is 1.54. The van der Waals surface area contributed by atoms with E-state index in [0.29, 0.717) is 18.4 Å². The van der Waals surface area contributed by atoms with Crippen LogP contribution in [0.15, 0.2) is 23.0 Å². The largest absolute Gasteiger partial charge is 0.478 e. The van der Waals surface area contributed by atoms with Crippen molar-refractivity contribution >= 4 is 5.97 Å². The first kappa shape index (κ1) is 10.1. The van der Waals surface area contributed by atoms with E-state index < -0.39 is 5.97 Å². The van der Waals surface area contributed by atoms with Crippen LogP contribution in [-0.4, -0.2) is 25.8 Å². The third-order valence-corrected chi connectivity index (χ3v) is 2.74. The Kier molecular flexibility index (Phi) is 2.21. The zero-order chi connectivity index (χ0) is 11.8. The fourth-order valence-corrected chi connectivity index (χ4v) is 1.66. The van der Waals surface area contributed by atoms with Crippen LogP contribution in [0.5, 0.6) is 0 Å². The Labute approximate surface area is 96.9 Å². The number of rotatable bonds is 4. The standard InChI is InChI=1S/C11H11N3O3/c15-11(16)8-3-4-14(5-8)6-9-12-10(13-17-9)7-1-2-7/h3-5,7H,1-2,6H2,(H,15,16). The molecule has 3 rings (SSSR count). The molecule has 0 amide bonds. The first-order valence-electron chi connectivity index (χ1n) is 5.44. The van der Waals surface area contributed by atoms with Crippen molar-refractivity contribution in [3.63, 3.8) is 0 Å². The Morgan fingerprint density at radius 3 is 3.06 bits per heavy atom. The lowest BCUT2D eigenvalue weighted by Crippen LogP contribution is -1.98. The van der Waals surface area contributed by atoms with Gasteiger partial charge >= 0.3 is 5.97 Å². The minimum absolute atomic E-state index is 0.256. The van der Waals surface area contributed by atoms with Gasteiger partial charge in [-0.1, -0.05) is 5.16 Å². The monoisotopic (exact) mass is 233 g/mol. The Morgan fingerprint density at radius 2 is 2.41 bits per heavy atom. The fraction of sp³-hybridized carbons (Fsp3) is 0.364. The SMILES string of the molecule is O=C(O)c1ccn(Cc2nc(C3CC3)no2)c1. The van der Waals surface area contributed by atoms with Crippen LogP contribution in [0.2, 0.25) is 0 Å². The van der Waals surface area contributed by atoms with Gasteiger partial charge in [-0.2, -0.15) is 4.98 Å². The molecule has 0 aromatic carbocycles. The van der Waals surface area contributed by atoms with Crippen molar-refractivity contribution in [1.82, 2.24) is 14.7 Å². The average molecular weight is 233 g/mol. The van der Waals surface area contributed by atoms with E-state index in [1.807, 2.05) is 0 Å². The highest BCUT2D eigenvalue weighted by molar-refractivity contribution is 5.87. The second-order valence-electron chi connectivity index (χ2n) is 4.20. The quantitative estimate of drug-likeness (QED) is 0.865. The molecule has 1 saturated carbocycles. The molecule has 6 nitrogen and oxygen atoms in total. The Balaban J connectivity index is 1.73. The van der Waals surface area contributed by atoms with Gasteiger partial charge in [0.2, 0.25) is 5.89 Å². The highest BCUT2D eigenvalue weighted by atomic mass is 16.5. The van der Waals surface area contributed by atoms with Gasteiger partial charge in [-0.15, -0.1) is 0 Å². The molecule has 6 heteroatoms. The van der Waals surface area contributed by atoms with Crippen LogP contribution in [0, 0.1) is 0 Å². The lowest BCUT2D eigenvalue weighted by molar-refractivity contribution is 0.0697. The molecule has 17 heavy (non-hydrogen) atoms. The number of hydrogen-bond donors (Lipinski definition) is 1. The second kappa shape index (κ2) is 3.73. The number of aromatic carboxylic acids is 1. The molecule has 0 aliphatic heterocycles. The van der Waals surface area contributed by atoms with E-state index in [9.17, 15) is 4.79 Å². The van der Waals surface area contributed by atoms with Gasteiger partial charge in [-0.05, 0) is 18.9 Å². The lowest BCUT2D eigenvalue weighted by atomic mass is 10.4. The van der Waals surface area contributed by atoms with Crippen molar-refractivity contribution in [2.45, 2.75) is 25.3 Å². The normalized spacial score (nSPS) is 15.1. The summed E-state index contributed by atoms with van der Waals surface area (Å²) in [5.41, 5.74) is 0.256. The van der Waals surface area contributed by atoms with Crippen LogP contribution in [-0.2, 0) is 6.54 Å². The summed E-state index contributed by atoms with van der Waals surface area (Å²) >= 11 is 0. The molecule has 1 aliphatic rings. The summed E-state index contributed by atoms with van der Waals surface area (Å²) in [5, 5.41) is 12.7. The molecule has 2 heterocycles. The average Bonchev–Trinajstić information content (AvgIpc) is 2.87. The predicted octanol–water partition coefficient (Wildman–Crippen LogP) is 1.49. The van der Waals surface area contributed by atoms with Gasteiger partial charge in [-0.3, -0.25) is 0 Å². The zero-order valence-corrected chi connectivity index (χ0v) is 9.04. The van der Waals surface area contributed by atoms with Gasteiger partial charge in [0.15, 0.2) is 5.82 Å². The van der Waals surface area contributed by atoms with Crippen molar-refractivity contribution in [2.24, 2.45) is 0 Å². The summed E-state index contributed by atoms with van der Waals surface area (Å²) in [6.07, 6.45) is 5.49. The van der Waals surface area contributed by atoms with Gasteiger partial charge in [0.25, 0.3) is 0 Å². The van der Waals surface area contributed by atoms with E-state index in [1.165, 1.54) is 0 Å². The Morgan fingerprint density at radius 1 is 1.59 bits per heavy atom. The maximum absolute atomic E-state index is 10.7. The molecule has 0 saturated heterocycles. The number of carboxylic acids is 1. The van der Waals surface area contributed by atoms with Gasteiger partial charge in [0, 0.05) is 18.3 Å². The van der Waals surface area contributed by atoms with Crippen LogP contribution >= 0.6 is 0 Å². The molecule has 0 unspecified atom stereocenters. The summed E-state index contributed by atoms with van der Waals surface area (Å²) in [4.78, 5) is 15.0. The van der Waals surface area contributed by atoms with Crippen LogP contribution in [0.25, 0.3) is 0 Å². The maximum Gasteiger partial charge on any atom is 0.337 e. The van der Waals surface area contributed by atoms with Gasteiger partial charge in [0.05, 0.1) is 5.56 Å². The molecular weight excluding hydrogens is 222 g/mol. The minimum Gasteiger partial charge on any atom is -0.478 e. The maximum atomic E-state index is 10.7. The van der Waals surface area contributed by atoms with Gasteiger partial charge < -0.3 is 14.2 Å². The molecule has 88 valence electrons. The molecule has 1 fully saturated rings. The third kappa shape index (κ3) is 2.06. The molecule has 1 aliphatic carbocycles. The molecule has 2 aromatic rings. The van der Waals surface area contributed by atoms with Crippen LogP contribution < -0.4 is 0 Å². The first-order chi connectivity index (χ1) is 8.22. The lowest BCUT2D eigenvalue weighted by Gasteiger charge is -1.95. The van der Waals surface area contributed by atoms with Crippen molar-refractivity contribution in [3.05, 3.63) is 35.7 Å². The molecule has 1 N–H and O–H groups in total. The summed E-state index contributed by atoms with van der Waals surface area (Å²) < 4.78 is 6.83. The van der Waals surface area contributed by atoms with E-state index >= 15 is 0 Å². The molecular formula is C11H11N3O3. The van der Waals surface area contributed by atoms with Gasteiger partial charge in [-0.25, -0.2) is 4.79 Å². The smallest absolute Gasteiger partial charge is 0.337 e. The highest BCUT2D eigenvalue weighted by Crippen LogP contribution is 2.38. The molecule has 0 atom stereocenters. The van der Waals surface area contributed by atoms with E-state index in [2.05, 4.69) is 10.1 Å². The number of hydrogen-bond acceptors (Lipinski definition) is 4. The van der Waals surface area contributed by atoms with Gasteiger partial charge in [0.1, 0.15) is 6.54 Å². The summed E-state index contributed by atoms with van der Waals surface area (Å²) in [7, 11) is 0.